The van der Waals surface area contributed by atoms with Crippen LogP contribution in [-0.2, 0) is 11.8 Å². The van der Waals surface area contributed by atoms with Gasteiger partial charge in [0, 0.05) is 20.5 Å². The van der Waals surface area contributed by atoms with Crippen LogP contribution in [0.15, 0.2) is 0 Å². The Morgan fingerprint density at radius 3 is 2.81 bits per heavy atom. The van der Waals surface area contributed by atoms with E-state index in [1.165, 1.54) is 0 Å². The second-order valence-electron chi connectivity index (χ2n) is 5.52. The summed E-state index contributed by atoms with van der Waals surface area (Å²) in [7, 11) is 1.70. The van der Waals surface area contributed by atoms with Gasteiger partial charge >= 0.3 is 11.8 Å². The minimum Gasteiger partial charge on any atom is -0.481 e. The zero-order valence-electron chi connectivity index (χ0n) is 12.2. The van der Waals surface area contributed by atoms with E-state index < -0.39 is 10.9 Å². The quantitative estimate of drug-likeness (QED) is 0.634. The summed E-state index contributed by atoms with van der Waals surface area (Å²) in [5, 5.41) is 23.3. The number of nitro groups is 1. The molecule has 0 amide bonds. The predicted molar refractivity (Wildman–Crippen MR) is 76.2 cm³/mol. The molecule has 21 heavy (non-hydrogen) atoms. The van der Waals surface area contributed by atoms with Gasteiger partial charge in [-0.1, -0.05) is 12.8 Å². The molecule has 1 aromatic rings. The van der Waals surface area contributed by atoms with Crippen LogP contribution in [0.3, 0.4) is 0 Å². The van der Waals surface area contributed by atoms with E-state index in [0.717, 1.165) is 19.3 Å². The molecule has 8 heteroatoms. The van der Waals surface area contributed by atoms with Crippen molar-refractivity contribution in [2.45, 2.75) is 32.6 Å². The van der Waals surface area contributed by atoms with E-state index >= 15 is 0 Å². The van der Waals surface area contributed by atoms with Gasteiger partial charge < -0.3 is 20.5 Å². The maximum atomic E-state index is 11.3. The van der Waals surface area contributed by atoms with Crippen molar-refractivity contribution < 1.29 is 14.8 Å². The Bertz CT molecular complexity index is 555. The van der Waals surface area contributed by atoms with Crippen LogP contribution in [0, 0.1) is 28.9 Å². The van der Waals surface area contributed by atoms with Crippen molar-refractivity contribution in [1.82, 2.24) is 9.55 Å². The summed E-state index contributed by atoms with van der Waals surface area (Å²) >= 11 is 0. The molecular weight excluding hydrogens is 276 g/mol. The summed E-state index contributed by atoms with van der Waals surface area (Å²) in [6.07, 6.45) is 3.43. The molecule has 0 saturated heterocycles. The van der Waals surface area contributed by atoms with Gasteiger partial charge in [-0.3, -0.25) is 9.36 Å². The number of hydrogen-bond acceptors (Lipinski definition) is 5. The molecule has 1 aliphatic rings. The summed E-state index contributed by atoms with van der Waals surface area (Å²) in [5.74, 6) is -0.490. The molecule has 1 saturated carbocycles. The molecule has 1 aliphatic carbocycles. The van der Waals surface area contributed by atoms with Gasteiger partial charge in [-0.05, 0) is 28.7 Å². The zero-order chi connectivity index (χ0) is 15.6. The second kappa shape index (κ2) is 6.11. The molecule has 0 spiro atoms. The van der Waals surface area contributed by atoms with Crippen LogP contribution in [-0.4, -0.2) is 32.1 Å². The average Bonchev–Trinajstić information content (AvgIpc) is 2.73. The first-order chi connectivity index (χ1) is 9.91. The highest BCUT2D eigenvalue weighted by Gasteiger charge is 2.32. The fraction of sp³-hybridized carbons (Fsp3) is 0.692. The number of aryl methyl sites for hydroxylation is 1. The van der Waals surface area contributed by atoms with Crippen LogP contribution in [0.4, 0.5) is 11.6 Å². The Labute approximate surface area is 122 Å². The third kappa shape index (κ3) is 3.14. The molecule has 1 heterocycles. The first-order valence-corrected chi connectivity index (χ1v) is 7.06. The molecule has 116 valence electrons. The Balaban J connectivity index is 2.12. The minimum absolute atomic E-state index is 0.00828. The highest BCUT2D eigenvalue weighted by molar-refractivity contribution is 5.70. The van der Waals surface area contributed by atoms with E-state index in [4.69, 9.17) is 0 Å². The fourth-order valence-corrected chi connectivity index (χ4v) is 2.92. The molecule has 2 unspecified atom stereocenters. The lowest BCUT2D eigenvalue weighted by Gasteiger charge is -2.28. The number of nitrogens with zero attached hydrogens (tertiary/aromatic N) is 3. The van der Waals surface area contributed by atoms with Gasteiger partial charge in [0.2, 0.25) is 11.6 Å². The van der Waals surface area contributed by atoms with Crippen molar-refractivity contribution in [2.24, 2.45) is 18.9 Å². The minimum atomic E-state index is -0.780. The smallest absolute Gasteiger partial charge is 0.406 e. The molecule has 2 rings (SSSR count). The number of aromatic nitrogens is 2. The van der Waals surface area contributed by atoms with E-state index in [-0.39, 0.29) is 17.7 Å². The number of carboxylic acid groups (broad SMARTS) is 1. The van der Waals surface area contributed by atoms with Crippen LogP contribution in [0.25, 0.3) is 0 Å². The van der Waals surface area contributed by atoms with Gasteiger partial charge in [0.25, 0.3) is 0 Å². The average molecular weight is 296 g/mol. The van der Waals surface area contributed by atoms with Crippen LogP contribution < -0.4 is 5.32 Å². The van der Waals surface area contributed by atoms with E-state index in [0.29, 0.717) is 24.6 Å². The molecule has 0 aliphatic heterocycles. The lowest BCUT2D eigenvalue weighted by Crippen LogP contribution is -2.32. The maximum absolute atomic E-state index is 11.3. The topological polar surface area (TPSA) is 110 Å². The molecule has 8 nitrogen and oxygen atoms in total. The van der Waals surface area contributed by atoms with Crippen LogP contribution in [0.5, 0.6) is 0 Å². The molecular formula is C13H20N4O4. The fourth-order valence-electron chi connectivity index (χ4n) is 2.92. The van der Waals surface area contributed by atoms with Crippen LogP contribution >= 0.6 is 0 Å². The summed E-state index contributed by atoms with van der Waals surface area (Å²) in [4.78, 5) is 25.7. The summed E-state index contributed by atoms with van der Waals surface area (Å²) in [6, 6.07) is 0. The molecule has 0 radical (unpaired) electrons. The van der Waals surface area contributed by atoms with Crippen LogP contribution in [0.1, 0.15) is 31.5 Å². The molecule has 1 fully saturated rings. The number of rotatable bonds is 5. The number of anilines is 1. The predicted octanol–water partition coefficient (Wildman–Crippen LogP) is 1.94. The first-order valence-electron chi connectivity index (χ1n) is 7.06. The highest BCUT2D eigenvalue weighted by atomic mass is 16.6. The lowest BCUT2D eigenvalue weighted by molar-refractivity contribution is -0.388. The molecule has 0 aromatic carbocycles. The normalized spacial score (nSPS) is 22.0. The largest absolute Gasteiger partial charge is 0.481 e. The molecule has 2 N–H and O–H groups in total. The Kier molecular flexibility index (Phi) is 4.44. The third-order valence-corrected chi connectivity index (χ3v) is 4.23. The number of imidazole rings is 1. The maximum Gasteiger partial charge on any atom is 0.406 e. The Morgan fingerprint density at radius 1 is 1.52 bits per heavy atom. The monoisotopic (exact) mass is 296 g/mol. The van der Waals surface area contributed by atoms with Gasteiger partial charge in [-0.2, -0.15) is 0 Å². The van der Waals surface area contributed by atoms with Gasteiger partial charge in [-0.15, -0.1) is 0 Å². The highest BCUT2D eigenvalue weighted by Crippen LogP contribution is 2.31. The van der Waals surface area contributed by atoms with E-state index in [1.54, 1.807) is 18.5 Å². The number of nitrogens with one attached hydrogen (secondary N) is 1. The van der Waals surface area contributed by atoms with Gasteiger partial charge in [0.1, 0.15) is 0 Å². The molecule has 2 atom stereocenters. The SMILES string of the molecule is Cc1nc([N+](=O)[O-])c(NCC2CCCCC2C(=O)O)n1C. The number of carboxylic acids is 1. The zero-order valence-corrected chi connectivity index (χ0v) is 12.2. The van der Waals surface area contributed by atoms with Crippen molar-refractivity contribution in [2.75, 3.05) is 11.9 Å². The van der Waals surface area contributed by atoms with Gasteiger partial charge in [0.15, 0.2) is 0 Å². The van der Waals surface area contributed by atoms with Crippen molar-refractivity contribution in [1.29, 1.82) is 0 Å². The standard InChI is InChI=1S/C13H20N4O4/c1-8-15-12(17(20)21)11(16(8)2)14-7-9-5-3-4-6-10(9)13(18)19/h9-10,14H,3-7H2,1-2H3,(H,18,19). The van der Waals surface area contributed by atoms with Crippen molar-refractivity contribution in [3.05, 3.63) is 15.9 Å². The van der Waals surface area contributed by atoms with Crippen molar-refractivity contribution in [3.63, 3.8) is 0 Å². The van der Waals surface area contributed by atoms with Crippen molar-refractivity contribution >= 4 is 17.6 Å². The summed E-state index contributed by atoms with van der Waals surface area (Å²) < 4.78 is 1.62. The van der Waals surface area contributed by atoms with E-state index in [9.17, 15) is 20.0 Å². The Morgan fingerprint density at radius 2 is 2.19 bits per heavy atom. The van der Waals surface area contributed by atoms with Gasteiger partial charge in [0.05, 0.1) is 5.92 Å². The summed E-state index contributed by atoms with van der Waals surface area (Å²) in [5.41, 5.74) is 0. The van der Waals surface area contributed by atoms with E-state index in [2.05, 4.69) is 10.3 Å². The number of hydrogen-bond donors (Lipinski definition) is 2. The first kappa shape index (κ1) is 15.3. The third-order valence-electron chi connectivity index (χ3n) is 4.23. The molecule has 0 bridgehead atoms. The Hall–Kier alpha value is -2.12. The van der Waals surface area contributed by atoms with Crippen LogP contribution in [0.2, 0.25) is 0 Å². The van der Waals surface area contributed by atoms with Crippen molar-refractivity contribution in [3.8, 4) is 0 Å². The second-order valence-corrected chi connectivity index (χ2v) is 5.52. The number of carbonyl (C=O) groups is 1. The number of aliphatic carboxylic acids is 1. The van der Waals surface area contributed by atoms with Gasteiger partial charge in [-0.25, -0.2) is 0 Å². The lowest BCUT2D eigenvalue weighted by atomic mass is 9.79. The van der Waals surface area contributed by atoms with E-state index in [1.807, 2.05) is 0 Å². The summed E-state index contributed by atoms with van der Waals surface area (Å²) in [6.45, 7) is 2.11. The molecule has 1 aromatic heterocycles.